The smallest absolute Gasteiger partial charge is 0.328 e. The lowest BCUT2D eigenvalue weighted by Crippen LogP contribution is -2.36. The zero-order chi connectivity index (χ0) is 16.1. The molecule has 1 amide bonds. The van der Waals surface area contributed by atoms with Crippen LogP contribution in [0.3, 0.4) is 0 Å². The lowest BCUT2D eigenvalue weighted by Gasteiger charge is -2.18. The SMILES string of the molecule is CCC(NC(=O)Cn1ccc(=O)[nH]c1=O)c1ccc(C)cc1. The van der Waals surface area contributed by atoms with Gasteiger partial charge in [0, 0.05) is 12.3 Å². The Morgan fingerprint density at radius 2 is 1.91 bits per heavy atom. The van der Waals surface area contributed by atoms with E-state index in [4.69, 9.17) is 0 Å². The molecule has 0 aliphatic rings. The molecule has 0 saturated carbocycles. The van der Waals surface area contributed by atoms with Gasteiger partial charge in [-0.2, -0.15) is 0 Å². The summed E-state index contributed by atoms with van der Waals surface area (Å²) in [6.07, 6.45) is 2.06. The van der Waals surface area contributed by atoms with Gasteiger partial charge in [-0.15, -0.1) is 0 Å². The van der Waals surface area contributed by atoms with Crippen LogP contribution < -0.4 is 16.6 Å². The van der Waals surface area contributed by atoms with Crippen LogP contribution in [0.15, 0.2) is 46.1 Å². The Labute approximate surface area is 127 Å². The van der Waals surface area contributed by atoms with Gasteiger partial charge in [-0.05, 0) is 18.9 Å². The normalized spacial score (nSPS) is 11.9. The van der Waals surface area contributed by atoms with E-state index >= 15 is 0 Å². The molecule has 0 spiro atoms. The molecule has 2 rings (SSSR count). The number of hydrogen-bond acceptors (Lipinski definition) is 3. The number of nitrogens with zero attached hydrogens (tertiary/aromatic N) is 1. The summed E-state index contributed by atoms with van der Waals surface area (Å²) in [4.78, 5) is 36.8. The van der Waals surface area contributed by atoms with Crippen LogP contribution in [0.2, 0.25) is 0 Å². The maximum Gasteiger partial charge on any atom is 0.328 e. The highest BCUT2D eigenvalue weighted by Crippen LogP contribution is 2.16. The van der Waals surface area contributed by atoms with Crippen molar-refractivity contribution < 1.29 is 4.79 Å². The molecular formula is C16H19N3O3. The number of hydrogen-bond donors (Lipinski definition) is 2. The van der Waals surface area contributed by atoms with Gasteiger partial charge in [-0.25, -0.2) is 4.79 Å². The first-order valence-electron chi connectivity index (χ1n) is 7.15. The summed E-state index contributed by atoms with van der Waals surface area (Å²) in [5.41, 5.74) is 1.11. The number of carbonyl (C=O) groups excluding carboxylic acids is 1. The van der Waals surface area contributed by atoms with Crippen molar-refractivity contribution in [3.8, 4) is 0 Å². The van der Waals surface area contributed by atoms with Gasteiger partial charge in [-0.1, -0.05) is 36.8 Å². The van der Waals surface area contributed by atoms with Crippen LogP contribution in [0.4, 0.5) is 0 Å². The Bertz CT molecular complexity index is 759. The van der Waals surface area contributed by atoms with E-state index in [0.29, 0.717) is 0 Å². The summed E-state index contributed by atoms with van der Waals surface area (Å²) in [7, 11) is 0. The maximum atomic E-state index is 12.1. The summed E-state index contributed by atoms with van der Waals surface area (Å²) >= 11 is 0. The van der Waals surface area contributed by atoms with Crippen molar-refractivity contribution in [3.05, 3.63) is 68.5 Å². The number of amides is 1. The molecule has 0 bridgehead atoms. The zero-order valence-electron chi connectivity index (χ0n) is 12.6. The highest BCUT2D eigenvalue weighted by atomic mass is 16.2. The number of benzene rings is 1. The highest BCUT2D eigenvalue weighted by molar-refractivity contribution is 5.76. The van der Waals surface area contributed by atoms with Gasteiger partial charge in [0.1, 0.15) is 6.54 Å². The minimum Gasteiger partial charge on any atom is -0.348 e. The highest BCUT2D eigenvalue weighted by Gasteiger charge is 2.13. The fraction of sp³-hybridized carbons (Fsp3) is 0.312. The van der Waals surface area contributed by atoms with Crippen molar-refractivity contribution in [1.29, 1.82) is 0 Å². The zero-order valence-corrected chi connectivity index (χ0v) is 12.6. The van der Waals surface area contributed by atoms with Gasteiger partial charge >= 0.3 is 5.69 Å². The lowest BCUT2D eigenvalue weighted by atomic mass is 10.0. The van der Waals surface area contributed by atoms with Crippen molar-refractivity contribution >= 4 is 5.91 Å². The van der Waals surface area contributed by atoms with Crippen LogP contribution in [0.1, 0.15) is 30.5 Å². The van der Waals surface area contributed by atoms with Crippen LogP contribution in [-0.4, -0.2) is 15.5 Å². The molecule has 6 nitrogen and oxygen atoms in total. The Morgan fingerprint density at radius 3 is 2.50 bits per heavy atom. The van der Waals surface area contributed by atoms with Gasteiger partial charge in [0.25, 0.3) is 5.56 Å². The number of nitrogens with one attached hydrogen (secondary N) is 2. The van der Waals surface area contributed by atoms with Crippen LogP contribution >= 0.6 is 0 Å². The molecule has 1 unspecified atom stereocenters. The molecule has 0 saturated heterocycles. The Balaban J connectivity index is 2.07. The predicted molar refractivity (Wildman–Crippen MR) is 83.7 cm³/mol. The summed E-state index contributed by atoms with van der Waals surface area (Å²) in [5.74, 6) is -0.276. The molecule has 2 aromatic rings. The summed E-state index contributed by atoms with van der Waals surface area (Å²) in [6.45, 7) is 3.86. The minimum absolute atomic E-state index is 0.105. The second-order valence-electron chi connectivity index (χ2n) is 5.18. The monoisotopic (exact) mass is 301 g/mol. The van der Waals surface area contributed by atoms with Crippen LogP contribution in [0, 0.1) is 6.92 Å². The third-order valence-corrected chi connectivity index (χ3v) is 3.43. The first kappa shape index (κ1) is 15.8. The molecule has 2 N–H and O–H groups in total. The van der Waals surface area contributed by atoms with E-state index in [1.54, 1.807) is 0 Å². The van der Waals surface area contributed by atoms with E-state index in [2.05, 4.69) is 10.3 Å². The maximum absolute atomic E-state index is 12.1. The van der Waals surface area contributed by atoms with E-state index in [9.17, 15) is 14.4 Å². The fourth-order valence-electron chi connectivity index (χ4n) is 2.18. The van der Waals surface area contributed by atoms with Crippen LogP contribution in [0.5, 0.6) is 0 Å². The standard InChI is InChI=1S/C16H19N3O3/c1-3-13(12-6-4-11(2)5-7-12)17-15(21)10-19-9-8-14(20)18-16(19)22/h4-9,13H,3,10H2,1-2H3,(H,17,21)(H,18,20,22). The second kappa shape index (κ2) is 6.89. The van der Waals surface area contributed by atoms with Gasteiger partial charge in [0.15, 0.2) is 0 Å². The molecule has 0 aliphatic carbocycles. The number of carbonyl (C=O) groups is 1. The number of aryl methyl sites for hydroxylation is 1. The van der Waals surface area contributed by atoms with E-state index < -0.39 is 11.2 Å². The van der Waals surface area contributed by atoms with Gasteiger partial charge in [0.2, 0.25) is 5.91 Å². The molecule has 1 heterocycles. The minimum atomic E-state index is -0.592. The molecule has 1 atom stereocenters. The largest absolute Gasteiger partial charge is 0.348 e. The van der Waals surface area contributed by atoms with Crippen LogP contribution in [0.25, 0.3) is 0 Å². The molecular weight excluding hydrogens is 282 g/mol. The Morgan fingerprint density at radius 1 is 1.23 bits per heavy atom. The first-order chi connectivity index (χ1) is 10.5. The Kier molecular flexibility index (Phi) is 4.93. The molecule has 22 heavy (non-hydrogen) atoms. The summed E-state index contributed by atoms with van der Waals surface area (Å²) in [5, 5.41) is 2.90. The molecule has 1 aromatic carbocycles. The van der Waals surface area contributed by atoms with Crippen LogP contribution in [-0.2, 0) is 11.3 Å². The molecule has 0 radical (unpaired) electrons. The summed E-state index contributed by atoms with van der Waals surface area (Å²) in [6, 6.07) is 9.07. The third kappa shape index (κ3) is 3.94. The van der Waals surface area contributed by atoms with Gasteiger partial charge < -0.3 is 5.32 Å². The van der Waals surface area contributed by atoms with Crippen molar-refractivity contribution in [2.75, 3.05) is 0 Å². The summed E-state index contributed by atoms with van der Waals surface area (Å²) < 4.78 is 1.17. The predicted octanol–water partition coefficient (Wildman–Crippen LogP) is 1.11. The Hall–Kier alpha value is -2.63. The molecule has 1 aromatic heterocycles. The van der Waals surface area contributed by atoms with Crippen molar-refractivity contribution in [3.63, 3.8) is 0 Å². The van der Waals surface area contributed by atoms with E-state index in [1.165, 1.54) is 16.8 Å². The van der Waals surface area contributed by atoms with Crippen molar-refractivity contribution in [1.82, 2.24) is 14.9 Å². The number of H-pyrrole nitrogens is 1. The van der Waals surface area contributed by atoms with Gasteiger partial charge in [0.05, 0.1) is 6.04 Å². The second-order valence-corrected chi connectivity index (χ2v) is 5.18. The van der Waals surface area contributed by atoms with E-state index in [1.807, 2.05) is 38.1 Å². The molecule has 0 fully saturated rings. The van der Waals surface area contributed by atoms with Gasteiger partial charge in [-0.3, -0.25) is 19.1 Å². The quantitative estimate of drug-likeness (QED) is 0.867. The molecule has 0 aliphatic heterocycles. The number of rotatable bonds is 5. The third-order valence-electron chi connectivity index (χ3n) is 3.43. The van der Waals surface area contributed by atoms with Crippen molar-refractivity contribution in [2.45, 2.75) is 32.9 Å². The molecule has 6 heteroatoms. The van der Waals surface area contributed by atoms with E-state index in [0.717, 1.165) is 17.5 Å². The van der Waals surface area contributed by atoms with Crippen molar-refractivity contribution in [2.24, 2.45) is 0 Å². The van der Waals surface area contributed by atoms with E-state index in [-0.39, 0.29) is 18.5 Å². The lowest BCUT2D eigenvalue weighted by molar-refractivity contribution is -0.122. The number of aromatic amines is 1. The average molecular weight is 301 g/mol. The first-order valence-corrected chi connectivity index (χ1v) is 7.15. The molecule has 116 valence electrons. The number of aromatic nitrogens is 2. The topological polar surface area (TPSA) is 84.0 Å². The fourth-order valence-corrected chi connectivity index (χ4v) is 2.18. The average Bonchev–Trinajstić information content (AvgIpc) is 2.49.